The molecule has 72 valence electrons. The van der Waals surface area contributed by atoms with E-state index in [-0.39, 0.29) is 6.61 Å². The van der Waals surface area contributed by atoms with Gasteiger partial charge in [-0.15, -0.1) is 11.3 Å². The van der Waals surface area contributed by atoms with Gasteiger partial charge in [0.1, 0.15) is 0 Å². The van der Waals surface area contributed by atoms with Gasteiger partial charge in [0.2, 0.25) is 0 Å². The van der Waals surface area contributed by atoms with Crippen LogP contribution in [0.3, 0.4) is 0 Å². The Kier molecular flexibility index (Phi) is 2.54. The largest absolute Gasteiger partial charge is 0.391 e. The minimum Gasteiger partial charge on any atom is -0.391 e. The molecule has 1 aromatic heterocycles. The Balaban J connectivity index is 2.79. The summed E-state index contributed by atoms with van der Waals surface area (Å²) in [6.45, 7) is -0.00470. The minimum absolute atomic E-state index is 0.00470. The Morgan fingerprint density at radius 1 is 1.50 bits per heavy atom. The molecule has 0 aliphatic heterocycles. The van der Waals surface area contributed by atoms with Crippen LogP contribution in [0, 0.1) is 0 Å². The number of aliphatic hydroxyl groups excluding tert-OH is 1. The monoisotopic (exact) mass is 226 g/mol. The standard InChI is InChI=1S/C10H7ClO2S/c11-9-1-2-10-7(8(9)5-13)3-6(4-12)14-10/h1-3,5,12H,4H2. The average Bonchev–Trinajstić information content (AvgIpc) is 2.60. The number of hydrogen-bond acceptors (Lipinski definition) is 3. The highest BCUT2D eigenvalue weighted by atomic mass is 35.5. The Morgan fingerprint density at radius 2 is 2.29 bits per heavy atom. The molecule has 0 unspecified atom stereocenters. The summed E-state index contributed by atoms with van der Waals surface area (Å²) >= 11 is 7.33. The third-order valence-electron chi connectivity index (χ3n) is 2.01. The minimum atomic E-state index is -0.00470. The fraction of sp³-hybridized carbons (Fsp3) is 0.100. The second kappa shape index (κ2) is 3.69. The Labute approximate surface area is 89.7 Å². The second-order valence-corrected chi connectivity index (χ2v) is 4.44. The van der Waals surface area contributed by atoms with Crippen LogP contribution in [0.2, 0.25) is 5.02 Å². The SMILES string of the molecule is O=Cc1c(Cl)ccc2sc(CO)cc12. The molecule has 2 rings (SSSR count). The number of thiophene rings is 1. The molecule has 1 heterocycles. The molecule has 0 atom stereocenters. The lowest BCUT2D eigenvalue weighted by Gasteiger charge is -1.96. The normalized spacial score (nSPS) is 10.7. The molecule has 0 spiro atoms. The third kappa shape index (κ3) is 1.43. The van der Waals surface area contributed by atoms with Gasteiger partial charge >= 0.3 is 0 Å². The zero-order valence-electron chi connectivity index (χ0n) is 7.16. The maximum Gasteiger partial charge on any atom is 0.152 e. The number of carbonyl (C=O) groups excluding carboxylic acids is 1. The van der Waals surface area contributed by atoms with Crippen molar-refractivity contribution in [1.29, 1.82) is 0 Å². The number of halogens is 1. The van der Waals surface area contributed by atoms with Gasteiger partial charge in [0.25, 0.3) is 0 Å². The molecule has 1 N–H and O–H groups in total. The fourth-order valence-corrected chi connectivity index (χ4v) is 2.51. The second-order valence-electron chi connectivity index (χ2n) is 2.86. The first kappa shape index (κ1) is 9.65. The van der Waals surface area contributed by atoms with E-state index in [1.54, 1.807) is 12.1 Å². The topological polar surface area (TPSA) is 37.3 Å². The molecule has 0 amide bonds. The predicted octanol–water partition coefficient (Wildman–Crippen LogP) is 2.86. The van der Waals surface area contributed by atoms with Crippen molar-refractivity contribution in [2.24, 2.45) is 0 Å². The van der Waals surface area contributed by atoms with Crippen LogP contribution in [0.15, 0.2) is 18.2 Å². The van der Waals surface area contributed by atoms with Crippen LogP contribution in [-0.2, 0) is 6.61 Å². The van der Waals surface area contributed by atoms with Crippen molar-refractivity contribution in [3.63, 3.8) is 0 Å². The van der Waals surface area contributed by atoms with Crippen molar-refractivity contribution in [3.8, 4) is 0 Å². The van der Waals surface area contributed by atoms with Crippen LogP contribution in [-0.4, -0.2) is 11.4 Å². The number of hydrogen-bond donors (Lipinski definition) is 1. The highest BCUT2D eigenvalue weighted by molar-refractivity contribution is 7.19. The summed E-state index contributed by atoms with van der Waals surface area (Å²) in [5.74, 6) is 0. The highest BCUT2D eigenvalue weighted by Gasteiger charge is 2.08. The summed E-state index contributed by atoms with van der Waals surface area (Å²) in [7, 11) is 0. The first-order chi connectivity index (χ1) is 6.76. The highest BCUT2D eigenvalue weighted by Crippen LogP contribution is 2.31. The van der Waals surface area contributed by atoms with Crippen LogP contribution in [0.25, 0.3) is 10.1 Å². The van der Waals surface area contributed by atoms with Gasteiger partial charge in [0.05, 0.1) is 11.6 Å². The van der Waals surface area contributed by atoms with E-state index >= 15 is 0 Å². The number of rotatable bonds is 2. The summed E-state index contributed by atoms with van der Waals surface area (Å²) in [6.07, 6.45) is 0.749. The zero-order valence-corrected chi connectivity index (χ0v) is 8.73. The molecule has 0 saturated carbocycles. The van der Waals surface area contributed by atoms with E-state index in [2.05, 4.69) is 0 Å². The molecule has 0 bridgehead atoms. The van der Waals surface area contributed by atoms with Crippen molar-refractivity contribution in [2.75, 3.05) is 0 Å². The van der Waals surface area contributed by atoms with Gasteiger partial charge in [-0.05, 0) is 18.2 Å². The van der Waals surface area contributed by atoms with Gasteiger partial charge in [0, 0.05) is 20.5 Å². The van der Waals surface area contributed by atoms with Crippen LogP contribution >= 0.6 is 22.9 Å². The molecule has 0 saturated heterocycles. The molecule has 2 aromatic rings. The van der Waals surface area contributed by atoms with Crippen molar-refractivity contribution in [2.45, 2.75) is 6.61 Å². The molecule has 0 radical (unpaired) electrons. The summed E-state index contributed by atoms with van der Waals surface area (Å²) in [5, 5.41) is 10.2. The van der Waals surface area contributed by atoms with Gasteiger partial charge in [-0.25, -0.2) is 0 Å². The number of carbonyl (C=O) groups is 1. The molecule has 4 heteroatoms. The van der Waals surface area contributed by atoms with Crippen molar-refractivity contribution < 1.29 is 9.90 Å². The lowest BCUT2D eigenvalue weighted by molar-refractivity contribution is 0.112. The smallest absolute Gasteiger partial charge is 0.152 e. The van der Waals surface area contributed by atoms with E-state index in [0.717, 1.165) is 21.2 Å². The molecule has 2 nitrogen and oxygen atoms in total. The van der Waals surface area contributed by atoms with Gasteiger partial charge in [-0.1, -0.05) is 11.6 Å². The number of fused-ring (bicyclic) bond motifs is 1. The van der Waals surface area contributed by atoms with E-state index in [1.807, 2.05) is 6.07 Å². The average molecular weight is 227 g/mol. The van der Waals surface area contributed by atoms with Gasteiger partial charge in [0.15, 0.2) is 6.29 Å². The Hall–Kier alpha value is -0.900. The van der Waals surface area contributed by atoms with Crippen molar-refractivity contribution in [1.82, 2.24) is 0 Å². The van der Waals surface area contributed by atoms with Gasteiger partial charge in [-0.3, -0.25) is 4.79 Å². The molecule has 1 aromatic carbocycles. The fourth-order valence-electron chi connectivity index (χ4n) is 1.36. The van der Waals surface area contributed by atoms with Crippen LogP contribution in [0.5, 0.6) is 0 Å². The number of aldehydes is 1. The summed E-state index contributed by atoms with van der Waals surface area (Å²) in [5.41, 5.74) is 0.500. The van der Waals surface area contributed by atoms with Crippen LogP contribution in [0.1, 0.15) is 15.2 Å². The lowest BCUT2D eigenvalue weighted by Crippen LogP contribution is -1.81. The van der Waals surface area contributed by atoms with Crippen LogP contribution in [0.4, 0.5) is 0 Å². The van der Waals surface area contributed by atoms with E-state index in [9.17, 15) is 4.79 Å². The molecule has 14 heavy (non-hydrogen) atoms. The lowest BCUT2D eigenvalue weighted by atomic mass is 10.1. The van der Waals surface area contributed by atoms with E-state index in [0.29, 0.717) is 10.6 Å². The number of benzene rings is 1. The molecule has 0 aliphatic rings. The predicted molar refractivity (Wildman–Crippen MR) is 58.1 cm³/mol. The van der Waals surface area contributed by atoms with E-state index in [1.165, 1.54) is 11.3 Å². The summed E-state index contributed by atoms with van der Waals surface area (Å²) < 4.78 is 0.973. The quantitative estimate of drug-likeness (QED) is 0.800. The molecular weight excluding hydrogens is 220 g/mol. The third-order valence-corrected chi connectivity index (χ3v) is 3.43. The molecule has 0 fully saturated rings. The van der Waals surface area contributed by atoms with E-state index < -0.39 is 0 Å². The first-order valence-electron chi connectivity index (χ1n) is 4.03. The molecular formula is C10H7ClO2S. The van der Waals surface area contributed by atoms with Crippen molar-refractivity contribution in [3.05, 3.63) is 33.7 Å². The summed E-state index contributed by atoms with van der Waals surface area (Å²) in [4.78, 5) is 11.6. The Bertz CT molecular complexity index is 490. The van der Waals surface area contributed by atoms with Gasteiger partial charge in [-0.2, -0.15) is 0 Å². The van der Waals surface area contributed by atoms with Crippen LogP contribution < -0.4 is 0 Å². The number of aliphatic hydroxyl groups is 1. The molecule has 0 aliphatic carbocycles. The van der Waals surface area contributed by atoms with Crippen molar-refractivity contribution >= 4 is 39.3 Å². The van der Waals surface area contributed by atoms with E-state index in [4.69, 9.17) is 16.7 Å². The maximum absolute atomic E-state index is 10.8. The summed E-state index contributed by atoms with van der Waals surface area (Å²) in [6, 6.07) is 5.36. The first-order valence-corrected chi connectivity index (χ1v) is 5.22. The van der Waals surface area contributed by atoms with Gasteiger partial charge < -0.3 is 5.11 Å². The zero-order chi connectivity index (χ0) is 10.1. The Morgan fingerprint density at radius 3 is 2.93 bits per heavy atom. The maximum atomic E-state index is 10.8.